The maximum atomic E-state index is 12.4. The Kier molecular flexibility index (Phi) is 5.88. The number of aromatic nitrogens is 1. The van der Waals surface area contributed by atoms with Gasteiger partial charge in [-0.1, -0.05) is 53.7 Å². The minimum absolute atomic E-state index is 0.126. The lowest BCUT2D eigenvalue weighted by Gasteiger charge is -2.10. The predicted molar refractivity (Wildman–Crippen MR) is 109 cm³/mol. The molecule has 1 atom stereocenters. The van der Waals surface area contributed by atoms with E-state index in [1.165, 1.54) is 40.8 Å². The van der Waals surface area contributed by atoms with Crippen LogP contribution < -0.4 is 5.32 Å². The number of hydrogen-bond acceptors (Lipinski definition) is 6. The number of hydrogen-bond donors (Lipinski definition) is 1. The third-order valence-electron chi connectivity index (χ3n) is 3.84. The van der Waals surface area contributed by atoms with Gasteiger partial charge in [0.15, 0.2) is 4.34 Å². The first kappa shape index (κ1) is 19.1. The van der Waals surface area contributed by atoms with Crippen molar-refractivity contribution >= 4 is 40.4 Å². The average Bonchev–Trinajstić information content (AvgIpc) is 3.11. The number of para-hydroxylation sites is 2. The van der Waals surface area contributed by atoms with Crippen LogP contribution in [0.1, 0.15) is 12.5 Å². The molecule has 0 radical (unpaired) electrons. The number of thioether (sulfide) groups is 1. The van der Waals surface area contributed by atoms with Gasteiger partial charge in [0, 0.05) is 17.0 Å². The van der Waals surface area contributed by atoms with Crippen LogP contribution in [-0.2, 0) is 4.79 Å². The molecule has 1 amide bonds. The lowest BCUT2D eigenvalue weighted by Crippen LogP contribution is -2.22. The van der Waals surface area contributed by atoms with Crippen LogP contribution in [0, 0.1) is 17.0 Å². The Morgan fingerprint density at radius 2 is 1.93 bits per heavy atom. The molecule has 0 bridgehead atoms. The molecule has 0 saturated heterocycles. The molecule has 0 fully saturated rings. The van der Waals surface area contributed by atoms with Crippen LogP contribution in [0.5, 0.6) is 0 Å². The number of nitro benzene ring substituents is 1. The van der Waals surface area contributed by atoms with Crippen molar-refractivity contribution in [1.82, 2.24) is 4.98 Å². The molecule has 3 rings (SSSR count). The van der Waals surface area contributed by atoms with E-state index in [9.17, 15) is 14.9 Å². The van der Waals surface area contributed by atoms with Gasteiger partial charge in [-0.2, -0.15) is 0 Å². The van der Waals surface area contributed by atoms with E-state index in [4.69, 9.17) is 0 Å². The molecule has 3 aromatic rings. The van der Waals surface area contributed by atoms with Crippen LogP contribution in [0.3, 0.4) is 0 Å². The van der Waals surface area contributed by atoms with Crippen molar-refractivity contribution in [3.8, 4) is 11.3 Å². The topological polar surface area (TPSA) is 85.1 Å². The van der Waals surface area contributed by atoms with Gasteiger partial charge in [0.05, 0.1) is 15.9 Å². The van der Waals surface area contributed by atoms with Gasteiger partial charge in [0.25, 0.3) is 5.69 Å². The smallest absolute Gasteiger partial charge is 0.292 e. The lowest BCUT2D eigenvalue weighted by molar-refractivity contribution is -0.383. The Hall–Kier alpha value is -2.71. The van der Waals surface area contributed by atoms with Crippen LogP contribution in [0.4, 0.5) is 11.4 Å². The summed E-state index contributed by atoms with van der Waals surface area (Å²) < 4.78 is 0.774. The summed E-state index contributed by atoms with van der Waals surface area (Å²) in [6.45, 7) is 3.78. The third kappa shape index (κ3) is 4.72. The zero-order valence-electron chi connectivity index (χ0n) is 14.7. The fraction of sp³-hybridized carbons (Fsp3) is 0.158. The number of amides is 1. The van der Waals surface area contributed by atoms with Gasteiger partial charge in [-0.05, 0) is 19.9 Å². The number of rotatable bonds is 6. The largest absolute Gasteiger partial charge is 0.319 e. The second-order valence-corrected chi connectivity index (χ2v) is 8.33. The van der Waals surface area contributed by atoms with Crippen molar-refractivity contribution in [1.29, 1.82) is 0 Å². The molecule has 2 aromatic carbocycles. The standard InChI is InChI=1S/C19H17N3O3S2/c1-12-7-9-14(10-8-12)16-11-26-19(21-16)27-13(2)18(23)20-15-5-3-4-6-17(15)22(24)25/h3-11,13H,1-2H3,(H,20,23)/t13-/m0/s1. The lowest BCUT2D eigenvalue weighted by atomic mass is 10.1. The molecule has 8 heteroatoms. The number of nitrogens with zero attached hydrogens (tertiary/aromatic N) is 2. The zero-order chi connectivity index (χ0) is 19.4. The van der Waals surface area contributed by atoms with Crippen LogP contribution in [0.15, 0.2) is 58.3 Å². The normalized spacial score (nSPS) is 11.8. The molecule has 6 nitrogen and oxygen atoms in total. The Morgan fingerprint density at radius 3 is 2.63 bits per heavy atom. The molecule has 0 unspecified atom stereocenters. The fourth-order valence-electron chi connectivity index (χ4n) is 2.35. The first-order valence-electron chi connectivity index (χ1n) is 8.17. The summed E-state index contributed by atoms with van der Waals surface area (Å²) in [7, 11) is 0. The number of aryl methyl sites for hydroxylation is 1. The molecule has 0 aliphatic heterocycles. The maximum absolute atomic E-state index is 12.4. The van der Waals surface area contributed by atoms with Crippen molar-refractivity contribution in [2.24, 2.45) is 0 Å². The van der Waals surface area contributed by atoms with E-state index >= 15 is 0 Å². The van der Waals surface area contributed by atoms with Crippen LogP contribution in [0.2, 0.25) is 0 Å². The first-order valence-corrected chi connectivity index (χ1v) is 9.93. The summed E-state index contributed by atoms with van der Waals surface area (Å²) in [5, 5.41) is 15.2. The van der Waals surface area contributed by atoms with E-state index in [1.54, 1.807) is 19.1 Å². The Morgan fingerprint density at radius 1 is 1.22 bits per heavy atom. The molecule has 0 aliphatic rings. The van der Waals surface area contributed by atoms with Gasteiger partial charge >= 0.3 is 0 Å². The number of carbonyl (C=O) groups excluding carboxylic acids is 1. The molecule has 0 saturated carbocycles. The van der Waals surface area contributed by atoms with Crippen molar-refractivity contribution in [3.05, 3.63) is 69.6 Å². The number of carbonyl (C=O) groups is 1. The molecular formula is C19H17N3O3S2. The van der Waals surface area contributed by atoms with Crippen LogP contribution >= 0.6 is 23.1 Å². The van der Waals surface area contributed by atoms with Gasteiger partial charge in [0.2, 0.25) is 5.91 Å². The molecular weight excluding hydrogens is 382 g/mol. The number of anilines is 1. The highest BCUT2D eigenvalue weighted by molar-refractivity contribution is 8.02. The highest BCUT2D eigenvalue weighted by atomic mass is 32.2. The monoisotopic (exact) mass is 399 g/mol. The van der Waals surface area contributed by atoms with Crippen LogP contribution in [-0.4, -0.2) is 21.1 Å². The van der Waals surface area contributed by atoms with Crippen molar-refractivity contribution in [3.63, 3.8) is 0 Å². The van der Waals surface area contributed by atoms with E-state index in [-0.39, 0.29) is 17.3 Å². The predicted octanol–water partition coefficient (Wildman–Crippen LogP) is 5.15. The maximum Gasteiger partial charge on any atom is 0.292 e. The van der Waals surface area contributed by atoms with Gasteiger partial charge in [-0.25, -0.2) is 4.98 Å². The summed E-state index contributed by atoms with van der Waals surface area (Å²) in [6, 6.07) is 14.2. The van der Waals surface area contributed by atoms with Crippen molar-refractivity contribution in [2.75, 3.05) is 5.32 Å². The fourth-order valence-corrected chi connectivity index (χ4v) is 4.32. The molecule has 138 valence electrons. The van der Waals surface area contributed by atoms with Crippen LogP contribution in [0.25, 0.3) is 11.3 Å². The summed E-state index contributed by atoms with van der Waals surface area (Å²) in [4.78, 5) is 27.6. The van der Waals surface area contributed by atoms with Gasteiger partial charge in [-0.15, -0.1) is 11.3 Å². The minimum Gasteiger partial charge on any atom is -0.319 e. The molecule has 1 N–H and O–H groups in total. The first-order chi connectivity index (χ1) is 12.9. The third-order valence-corrected chi connectivity index (χ3v) is 5.91. The highest BCUT2D eigenvalue weighted by Gasteiger charge is 2.20. The molecule has 0 spiro atoms. The van der Waals surface area contributed by atoms with Gasteiger partial charge in [-0.3, -0.25) is 14.9 Å². The van der Waals surface area contributed by atoms with Gasteiger partial charge < -0.3 is 5.32 Å². The highest BCUT2D eigenvalue weighted by Crippen LogP contribution is 2.32. The average molecular weight is 399 g/mol. The molecule has 1 heterocycles. The summed E-state index contributed by atoms with van der Waals surface area (Å²) in [6.07, 6.45) is 0. The Labute approximate surface area is 164 Å². The molecule has 1 aromatic heterocycles. The second-order valence-electron chi connectivity index (χ2n) is 5.89. The summed E-state index contributed by atoms with van der Waals surface area (Å²) in [5.41, 5.74) is 3.15. The molecule has 0 aliphatic carbocycles. The van der Waals surface area contributed by atoms with E-state index in [0.717, 1.165) is 15.6 Å². The number of nitrogens with one attached hydrogen (secondary N) is 1. The van der Waals surface area contributed by atoms with E-state index in [0.29, 0.717) is 0 Å². The van der Waals surface area contributed by atoms with E-state index in [2.05, 4.69) is 10.3 Å². The number of thiazole rings is 1. The Balaban J connectivity index is 1.67. The molecule has 27 heavy (non-hydrogen) atoms. The van der Waals surface area contributed by atoms with E-state index in [1.807, 2.05) is 36.6 Å². The van der Waals surface area contributed by atoms with Crippen molar-refractivity contribution in [2.45, 2.75) is 23.4 Å². The van der Waals surface area contributed by atoms with Crippen molar-refractivity contribution < 1.29 is 9.72 Å². The summed E-state index contributed by atoms with van der Waals surface area (Å²) >= 11 is 2.80. The second kappa shape index (κ2) is 8.32. The van der Waals surface area contributed by atoms with E-state index < -0.39 is 10.2 Å². The summed E-state index contributed by atoms with van der Waals surface area (Å²) in [5.74, 6) is -0.304. The minimum atomic E-state index is -0.512. The number of benzene rings is 2. The quantitative estimate of drug-likeness (QED) is 0.352. The zero-order valence-corrected chi connectivity index (χ0v) is 16.3. The Bertz CT molecular complexity index is 970. The SMILES string of the molecule is Cc1ccc(-c2csc(S[C@@H](C)C(=O)Nc3ccccc3[N+](=O)[O-])n2)cc1. The van der Waals surface area contributed by atoms with Gasteiger partial charge in [0.1, 0.15) is 5.69 Å². The number of nitro groups is 1.